The van der Waals surface area contributed by atoms with Crippen LogP contribution in [0.1, 0.15) is 43.7 Å². The summed E-state index contributed by atoms with van der Waals surface area (Å²) < 4.78 is 6.16. The van der Waals surface area contributed by atoms with E-state index < -0.39 is 0 Å². The van der Waals surface area contributed by atoms with E-state index in [1.54, 1.807) is 0 Å². The van der Waals surface area contributed by atoms with Crippen LogP contribution in [0.5, 0.6) is 5.75 Å². The number of hydrogen-bond donors (Lipinski definition) is 1. The lowest BCUT2D eigenvalue weighted by Gasteiger charge is -2.30. The van der Waals surface area contributed by atoms with Crippen molar-refractivity contribution in [1.29, 1.82) is 0 Å². The van der Waals surface area contributed by atoms with Gasteiger partial charge in [-0.3, -0.25) is 0 Å². The van der Waals surface area contributed by atoms with Crippen molar-refractivity contribution < 1.29 is 4.74 Å². The van der Waals surface area contributed by atoms with Crippen LogP contribution in [0.3, 0.4) is 0 Å². The van der Waals surface area contributed by atoms with Gasteiger partial charge in [-0.1, -0.05) is 49.4 Å². The Bertz CT molecular complexity index is 593. The Kier molecular flexibility index (Phi) is 4.49. The highest BCUT2D eigenvalue weighted by atomic mass is 16.5. The maximum Gasteiger partial charge on any atom is 0.119 e. The second-order valence-corrected chi connectivity index (χ2v) is 6.39. The van der Waals surface area contributed by atoms with Crippen LogP contribution in [-0.2, 0) is 6.42 Å². The first-order valence-corrected chi connectivity index (χ1v) is 8.28. The van der Waals surface area contributed by atoms with Gasteiger partial charge in [-0.05, 0) is 55.4 Å². The van der Waals surface area contributed by atoms with E-state index in [9.17, 15) is 0 Å². The van der Waals surface area contributed by atoms with E-state index in [1.165, 1.54) is 17.5 Å². The Morgan fingerprint density at radius 3 is 2.41 bits per heavy atom. The van der Waals surface area contributed by atoms with Crippen LogP contribution < -0.4 is 10.5 Å². The third kappa shape index (κ3) is 3.33. The van der Waals surface area contributed by atoms with Crippen LogP contribution in [0, 0.1) is 0 Å². The maximum atomic E-state index is 6.46. The fraction of sp³-hybridized carbons (Fsp3) is 0.400. The highest BCUT2D eigenvalue weighted by molar-refractivity contribution is 5.31. The first-order valence-electron chi connectivity index (χ1n) is 8.28. The van der Waals surface area contributed by atoms with E-state index in [0.29, 0.717) is 0 Å². The van der Waals surface area contributed by atoms with Gasteiger partial charge < -0.3 is 10.5 Å². The predicted octanol–water partition coefficient (Wildman–Crippen LogP) is 4.32. The molecule has 2 nitrogen and oxygen atoms in total. The zero-order chi connectivity index (χ0) is 15.4. The van der Waals surface area contributed by atoms with E-state index in [1.807, 2.05) is 0 Å². The number of nitrogens with two attached hydrogens (primary N) is 1. The summed E-state index contributed by atoms with van der Waals surface area (Å²) in [5.41, 5.74) is 8.94. The average Bonchev–Trinajstić information content (AvgIpc) is 2.92. The lowest BCUT2D eigenvalue weighted by Crippen LogP contribution is -2.48. The van der Waals surface area contributed by atoms with Crippen molar-refractivity contribution in [3.63, 3.8) is 0 Å². The van der Waals surface area contributed by atoms with Crippen molar-refractivity contribution in [1.82, 2.24) is 0 Å². The summed E-state index contributed by atoms with van der Waals surface area (Å²) in [6.45, 7) is 2.16. The molecule has 0 spiro atoms. The van der Waals surface area contributed by atoms with Gasteiger partial charge in [0.1, 0.15) is 11.9 Å². The molecule has 2 heteroatoms. The summed E-state index contributed by atoms with van der Waals surface area (Å²) in [4.78, 5) is 0. The highest BCUT2D eigenvalue weighted by Gasteiger charge is 2.39. The van der Waals surface area contributed by atoms with Crippen LogP contribution in [-0.4, -0.2) is 11.6 Å². The SMILES string of the molecule is CCC1(N)CCCC1Oc1ccc(Cc2ccccc2)cc1. The van der Waals surface area contributed by atoms with Crippen LogP contribution >= 0.6 is 0 Å². The van der Waals surface area contributed by atoms with Crippen molar-refractivity contribution in [3.05, 3.63) is 65.7 Å². The van der Waals surface area contributed by atoms with Gasteiger partial charge in [0, 0.05) is 0 Å². The molecule has 1 fully saturated rings. The number of rotatable bonds is 5. The van der Waals surface area contributed by atoms with Gasteiger partial charge in [-0.15, -0.1) is 0 Å². The second-order valence-electron chi connectivity index (χ2n) is 6.39. The summed E-state index contributed by atoms with van der Waals surface area (Å²) in [5.74, 6) is 0.937. The maximum absolute atomic E-state index is 6.46. The lowest BCUT2D eigenvalue weighted by molar-refractivity contribution is 0.132. The van der Waals surface area contributed by atoms with Crippen LogP contribution in [0.4, 0.5) is 0 Å². The lowest BCUT2D eigenvalue weighted by atomic mass is 9.93. The van der Waals surface area contributed by atoms with E-state index in [0.717, 1.165) is 31.4 Å². The zero-order valence-electron chi connectivity index (χ0n) is 13.3. The van der Waals surface area contributed by atoms with E-state index in [2.05, 4.69) is 61.5 Å². The quantitative estimate of drug-likeness (QED) is 0.891. The smallest absolute Gasteiger partial charge is 0.119 e. The summed E-state index contributed by atoms with van der Waals surface area (Å²) in [6, 6.07) is 19.0. The molecule has 0 bridgehead atoms. The standard InChI is InChI=1S/C20H25NO/c1-2-20(21)14-6-9-19(20)22-18-12-10-17(11-13-18)15-16-7-4-3-5-8-16/h3-5,7-8,10-13,19H,2,6,9,14-15,21H2,1H3. The van der Waals surface area contributed by atoms with Crippen LogP contribution in [0.25, 0.3) is 0 Å². The topological polar surface area (TPSA) is 35.2 Å². The fourth-order valence-electron chi connectivity index (χ4n) is 3.33. The Balaban J connectivity index is 1.64. The molecule has 1 saturated carbocycles. The van der Waals surface area contributed by atoms with E-state index in [4.69, 9.17) is 10.5 Å². The van der Waals surface area contributed by atoms with Gasteiger partial charge in [0.2, 0.25) is 0 Å². The molecule has 22 heavy (non-hydrogen) atoms. The van der Waals surface area contributed by atoms with E-state index in [-0.39, 0.29) is 11.6 Å². The predicted molar refractivity (Wildman–Crippen MR) is 91.2 cm³/mol. The Labute approximate surface area is 133 Å². The number of ether oxygens (including phenoxy) is 1. The molecule has 2 N–H and O–H groups in total. The molecule has 2 atom stereocenters. The molecule has 0 amide bonds. The Morgan fingerprint density at radius 1 is 1.05 bits per heavy atom. The number of benzene rings is 2. The Hall–Kier alpha value is -1.80. The van der Waals surface area contributed by atoms with Gasteiger partial charge >= 0.3 is 0 Å². The third-order valence-corrected chi connectivity index (χ3v) is 4.86. The summed E-state index contributed by atoms with van der Waals surface area (Å²) in [6.07, 6.45) is 5.39. The van der Waals surface area contributed by atoms with Crippen LogP contribution in [0.2, 0.25) is 0 Å². The summed E-state index contributed by atoms with van der Waals surface area (Å²) in [5, 5.41) is 0. The molecule has 1 aliphatic rings. The minimum atomic E-state index is -0.150. The minimum Gasteiger partial charge on any atom is -0.489 e. The first-order chi connectivity index (χ1) is 10.7. The van der Waals surface area contributed by atoms with Gasteiger partial charge in [0.25, 0.3) is 0 Å². The molecule has 2 unspecified atom stereocenters. The molecule has 0 heterocycles. The molecule has 116 valence electrons. The molecule has 1 aliphatic carbocycles. The number of hydrogen-bond acceptors (Lipinski definition) is 2. The molecular formula is C20H25NO. The molecule has 2 aromatic rings. The normalized spacial score (nSPS) is 24.4. The molecule has 2 aromatic carbocycles. The van der Waals surface area contributed by atoms with E-state index >= 15 is 0 Å². The van der Waals surface area contributed by atoms with Crippen molar-refractivity contribution in [2.24, 2.45) is 5.73 Å². The molecule has 3 rings (SSSR count). The first kappa shape index (κ1) is 15.1. The van der Waals surface area contributed by atoms with Crippen molar-refractivity contribution in [3.8, 4) is 5.75 Å². The zero-order valence-corrected chi connectivity index (χ0v) is 13.3. The molecule has 0 aliphatic heterocycles. The highest BCUT2D eigenvalue weighted by Crippen LogP contribution is 2.33. The molecule has 0 saturated heterocycles. The van der Waals surface area contributed by atoms with Crippen molar-refractivity contribution in [2.45, 2.75) is 50.7 Å². The van der Waals surface area contributed by atoms with Crippen LogP contribution in [0.15, 0.2) is 54.6 Å². The van der Waals surface area contributed by atoms with Gasteiger partial charge in [-0.25, -0.2) is 0 Å². The average molecular weight is 295 g/mol. The van der Waals surface area contributed by atoms with Gasteiger partial charge in [0.05, 0.1) is 5.54 Å². The largest absolute Gasteiger partial charge is 0.489 e. The molecule has 0 aromatic heterocycles. The summed E-state index contributed by atoms with van der Waals surface area (Å²) >= 11 is 0. The Morgan fingerprint density at radius 2 is 1.73 bits per heavy atom. The van der Waals surface area contributed by atoms with Gasteiger partial charge in [-0.2, -0.15) is 0 Å². The molecular weight excluding hydrogens is 270 g/mol. The fourth-order valence-corrected chi connectivity index (χ4v) is 3.33. The third-order valence-electron chi connectivity index (χ3n) is 4.86. The second kappa shape index (κ2) is 6.53. The monoisotopic (exact) mass is 295 g/mol. The minimum absolute atomic E-state index is 0.150. The van der Waals surface area contributed by atoms with Crippen molar-refractivity contribution in [2.75, 3.05) is 0 Å². The van der Waals surface area contributed by atoms with Gasteiger partial charge in [0.15, 0.2) is 0 Å². The molecule has 0 radical (unpaired) electrons. The summed E-state index contributed by atoms with van der Waals surface area (Å²) in [7, 11) is 0. The van der Waals surface area contributed by atoms with Crippen molar-refractivity contribution >= 4 is 0 Å².